The number of benzene rings is 1. The molecule has 0 saturated carbocycles. The molecular formula is C28H42N2O4. The smallest absolute Gasteiger partial charge is 0.226 e. The molecule has 0 atom stereocenters. The van der Waals surface area contributed by atoms with E-state index in [-0.39, 0.29) is 0 Å². The van der Waals surface area contributed by atoms with Gasteiger partial charge in [0.15, 0.2) is 11.5 Å². The minimum absolute atomic E-state index is 0.527. The summed E-state index contributed by atoms with van der Waals surface area (Å²) >= 11 is 0. The van der Waals surface area contributed by atoms with Crippen molar-refractivity contribution in [3.05, 3.63) is 42.3 Å². The highest BCUT2D eigenvalue weighted by molar-refractivity contribution is 5.66. The van der Waals surface area contributed by atoms with Crippen LogP contribution in [0.25, 0.3) is 11.4 Å². The maximum atomic E-state index is 5.46. The van der Waals surface area contributed by atoms with E-state index in [2.05, 4.69) is 41.4 Å². The molecule has 6 heteroatoms. The van der Waals surface area contributed by atoms with E-state index in [4.69, 9.17) is 18.7 Å². The number of ether oxygens (including phenoxy) is 3. The average Bonchev–Trinajstić information content (AvgIpc) is 3.34. The molecule has 0 bridgehead atoms. The van der Waals surface area contributed by atoms with Crippen molar-refractivity contribution in [2.45, 2.75) is 84.0 Å². The number of hydrogen-bond donors (Lipinski definition) is 0. The highest BCUT2D eigenvalue weighted by Gasteiger charge is 2.17. The molecule has 0 fully saturated rings. The third kappa shape index (κ3) is 9.62. The maximum Gasteiger partial charge on any atom is 0.226 e. The molecule has 34 heavy (non-hydrogen) atoms. The fourth-order valence-corrected chi connectivity index (χ4v) is 3.76. The standard InChI is InChI=1S/C28H42N2O4/c1-5-6-7-8-9-10-11-12-13-14-15-16-17-18-19-20-26-29-28(30-34-26)23-21-24(31-2)27(33-4)25(22-23)32-3/h8-9,11-12,21-22H,5-7,10,13-20H2,1-4H3/b9-8-,12-11-. The predicted octanol–water partition coefficient (Wildman–Crippen LogP) is 7.73. The summed E-state index contributed by atoms with van der Waals surface area (Å²) in [5.41, 5.74) is 0.770. The summed E-state index contributed by atoms with van der Waals surface area (Å²) in [6.07, 6.45) is 23.4. The van der Waals surface area contributed by atoms with Crippen LogP contribution in [0.15, 0.2) is 41.0 Å². The minimum atomic E-state index is 0.527. The molecule has 1 aromatic heterocycles. The predicted molar refractivity (Wildman–Crippen MR) is 138 cm³/mol. The van der Waals surface area contributed by atoms with Crippen molar-refractivity contribution >= 4 is 0 Å². The van der Waals surface area contributed by atoms with Crippen molar-refractivity contribution in [3.8, 4) is 28.6 Å². The molecule has 0 aliphatic heterocycles. The van der Waals surface area contributed by atoms with Gasteiger partial charge in [-0.05, 0) is 44.2 Å². The SMILES string of the molecule is CCCC/C=C\C/C=C\CCCCCCCCc1nc(-c2cc(OC)c(OC)c(OC)c2)no1. The molecule has 0 spiro atoms. The first-order chi connectivity index (χ1) is 16.7. The second kappa shape index (κ2) is 16.8. The van der Waals surface area contributed by atoms with Crippen LogP contribution in [0.3, 0.4) is 0 Å². The van der Waals surface area contributed by atoms with E-state index in [0.29, 0.717) is 29.0 Å². The molecule has 6 nitrogen and oxygen atoms in total. The summed E-state index contributed by atoms with van der Waals surface area (Å²) in [5, 5.41) is 4.13. The van der Waals surface area contributed by atoms with Gasteiger partial charge in [0.05, 0.1) is 21.3 Å². The highest BCUT2D eigenvalue weighted by atomic mass is 16.5. The molecule has 0 unspecified atom stereocenters. The number of allylic oxidation sites excluding steroid dienone is 4. The molecule has 0 amide bonds. The van der Waals surface area contributed by atoms with Gasteiger partial charge >= 0.3 is 0 Å². The monoisotopic (exact) mass is 470 g/mol. The van der Waals surface area contributed by atoms with Crippen molar-refractivity contribution < 1.29 is 18.7 Å². The number of methoxy groups -OCH3 is 3. The number of aromatic nitrogens is 2. The molecule has 188 valence electrons. The fourth-order valence-electron chi connectivity index (χ4n) is 3.76. The molecule has 2 aromatic rings. The molecule has 1 aromatic carbocycles. The van der Waals surface area contributed by atoms with Crippen LogP contribution >= 0.6 is 0 Å². The Balaban J connectivity index is 1.62. The van der Waals surface area contributed by atoms with Gasteiger partial charge in [-0.3, -0.25) is 0 Å². The molecule has 0 N–H and O–H groups in total. The second-order valence-corrected chi connectivity index (χ2v) is 8.41. The highest BCUT2D eigenvalue weighted by Crippen LogP contribution is 2.40. The van der Waals surface area contributed by atoms with E-state index in [1.807, 2.05) is 12.1 Å². The number of rotatable bonds is 18. The normalized spacial score (nSPS) is 11.5. The Hall–Kier alpha value is -2.76. The number of aryl methyl sites for hydroxylation is 1. The molecule has 0 aliphatic carbocycles. The van der Waals surface area contributed by atoms with Crippen LogP contribution in [-0.4, -0.2) is 31.5 Å². The van der Waals surface area contributed by atoms with Crippen LogP contribution in [0, 0.1) is 0 Å². The summed E-state index contributed by atoms with van der Waals surface area (Å²) in [4.78, 5) is 4.55. The summed E-state index contributed by atoms with van der Waals surface area (Å²) in [6, 6.07) is 3.66. The topological polar surface area (TPSA) is 66.6 Å². The van der Waals surface area contributed by atoms with E-state index in [9.17, 15) is 0 Å². The van der Waals surface area contributed by atoms with Gasteiger partial charge < -0.3 is 18.7 Å². The summed E-state index contributed by atoms with van der Waals surface area (Å²) in [5.74, 6) is 2.87. The summed E-state index contributed by atoms with van der Waals surface area (Å²) < 4.78 is 21.6. The molecule has 1 heterocycles. The summed E-state index contributed by atoms with van der Waals surface area (Å²) in [6.45, 7) is 2.23. The number of unbranched alkanes of at least 4 members (excludes halogenated alkanes) is 8. The van der Waals surface area contributed by atoms with E-state index < -0.39 is 0 Å². The minimum Gasteiger partial charge on any atom is -0.493 e. The second-order valence-electron chi connectivity index (χ2n) is 8.41. The molecule has 0 aliphatic rings. The zero-order valence-electron chi connectivity index (χ0n) is 21.5. The Bertz CT molecular complexity index is 848. The van der Waals surface area contributed by atoms with E-state index in [1.54, 1.807) is 21.3 Å². The van der Waals surface area contributed by atoms with Crippen molar-refractivity contribution in [2.75, 3.05) is 21.3 Å². The van der Waals surface area contributed by atoms with Gasteiger partial charge in [-0.25, -0.2) is 0 Å². The van der Waals surface area contributed by atoms with E-state index >= 15 is 0 Å². The van der Waals surface area contributed by atoms with Crippen molar-refractivity contribution in [2.24, 2.45) is 0 Å². The van der Waals surface area contributed by atoms with E-state index in [1.165, 1.54) is 57.8 Å². The van der Waals surface area contributed by atoms with Gasteiger partial charge in [0.2, 0.25) is 17.5 Å². The third-order valence-corrected chi connectivity index (χ3v) is 5.73. The Labute approximate surface area is 205 Å². The Morgan fingerprint density at radius 3 is 2.00 bits per heavy atom. The fraction of sp³-hybridized carbons (Fsp3) is 0.571. The lowest BCUT2D eigenvalue weighted by molar-refractivity contribution is 0.324. The Morgan fingerprint density at radius 2 is 1.38 bits per heavy atom. The molecule has 0 saturated heterocycles. The lowest BCUT2D eigenvalue weighted by atomic mass is 10.1. The molecule has 0 radical (unpaired) electrons. The molecular weight excluding hydrogens is 428 g/mol. The molecule has 2 rings (SSSR count). The first-order valence-corrected chi connectivity index (χ1v) is 12.7. The van der Waals surface area contributed by atoms with Gasteiger partial charge in [0.1, 0.15) is 0 Å². The Morgan fingerprint density at radius 1 is 0.765 bits per heavy atom. The van der Waals surface area contributed by atoms with Gasteiger partial charge in [-0.1, -0.05) is 74.9 Å². The lowest BCUT2D eigenvalue weighted by Crippen LogP contribution is -1.96. The Kier molecular flexibility index (Phi) is 13.6. The zero-order chi connectivity index (χ0) is 24.4. The van der Waals surface area contributed by atoms with Crippen LogP contribution in [0.4, 0.5) is 0 Å². The van der Waals surface area contributed by atoms with Crippen LogP contribution in [-0.2, 0) is 6.42 Å². The number of nitrogens with zero attached hydrogens (tertiary/aromatic N) is 2. The van der Waals surface area contributed by atoms with Crippen LogP contribution in [0.1, 0.15) is 83.4 Å². The van der Waals surface area contributed by atoms with Crippen molar-refractivity contribution in [1.82, 2.24) is 10.1 Å². The third-order valence-electron chi connectivity index (χ3n) is 5.73. The quantitative estimate of drug-likeness (QED) is 0.164. The van der Waals surface area contributed by atoms with Crippen molar-refractivity contribution in [1.29, 1.82) is 0 Å². The average molecular weight is 471 g/mol. The number of hydrogen-bond acceptors (Lipinski definition) is 6. The van der Waals surface area contributed by atoms with E-state index in [0.717, 1.165) is 24.8 Å². The first-order valence-electron chi connectivity index (χ1n) is 12.7. The van der Waals surface area contributed by atoms with Gasteiger partial charge in [-0.2, -0.15) is 4.98 Å². The zero-order valence-corrected chi connectivity index (χ0v) is 21.5. The first kappa shape index (κ1) is 27.5. The maximum absolute atomic E-state index is 5.46. The van der Waals surface area contributed by atoms with Gasteiger partial charge in [0.25, 0.3) is 0 Å². The van der Waals surface area contributed by atoms with Crippen LogP contribution in [0.2, 0.25) is 0 Å². The summed E-state index contributed by atoms with van der Waals surface area (Å²) in [7, 11) is 4.76. The van der Waals surface area contributed by atoms with Gasteiger partial charge in [-0.15, -0.1) is 0 Å². The lowest BCUT2D eigenvalue weighted by Gasteiger charge is -2.12. The largest absolute Gasteiger partial charge is 0.493 e. The van der Waals surface area contributed by atoms with Crippen LogP contribution < -0.4 is 14.2 Å². The van der Waals surface area contributed by atoms with Crippen LogP contribution in [0.5, 0.6) is 17.2 Å². The van der Waals surface area contributed by atoms with Gasteiger partial charge in [0, 0.05) is 12.0 Å². The van der Waals surface area contributed by atoms with Crippen molar-refractivity contribution in [3.63, 3.8) is 0 Å².